The monoisotopic (exact) mass is 198 g/mol. The van der Waals surface area contributed by atoms with Crippen molar-refractivity contribution in [1.82, 2.24) is 0 Å². The highest BCUT2D eigenvalue weighted by Crippen LogP contribution is 2.26. The Kier molecular flexibility index (Phi) is 5.81. The molecule has 0 aliphatic rings. The van der Waals surface area contributed by atoms with Crippen molar-refractivity contribution in [3.05, 3.63) is 34.3 Å². The summed E-state index contributed by atoms with van der Waals surface area (Å²) in [6.07, 6.45) is 0. The fourth-order valence-corrected chi connectivity index (χ4v) is 1.82. The van der Waals surface area contributed by atoms with E-state index >= 15 is 0 Å². The van der Waals surface area contributed by atoms with Crippen molar-refractivity contribution in [2.45, 2.75) is 40.5 Å². The van der Waals surface area contributed by atoms with E-state index in [1.165, 1.54) is 11.1 Å². The summed E-state index contributed by atoms with van der Waals surface area (Å²) in [7, 11) is 0. The molecule has 0 spiro atoms. The fourth-order valence-electron chi connectivity index (χ4n) is 1.38. The lowest BCUT2D eigenvalue weighted by Crippen LogP contribution is -1.92. The van der Waals surface area contributed by atoms with Crippen molar-refractivity contribution in [2.75, 3.05) is 0 Å². The van der Waals surface area contributed by atoms with E-state index in [-0.39, 0.29) is 0 Å². The van der Waals surface area contributed by atoms with Gasteiger partial charge >= 0.3 is 0 Å². The van der Waals surface area contributed by atoms with Gasteiger partial charge in [-0.15, -0.1) is 0 Å². The third kappa shape index (κ3) is 3.40. The molecule has 13 heavy (non-hydrogen) atoms. The summed E-state index contributed by atoms with van der Waals surface area (Å²) in [6.45, 7) is 10.4. The van der Waals surface area contributed by atoms with Crippen LogP contribution in [0.25, 0.3) is 0 Å². The predicted molar refractivity (Wildman–Crippen MR) is 61.6 cm³/mol. The van der Waals surface area contributed by atoms with Crippen LogP contribution >= 0.6 is 11.6 Å². The van der Waals surface area contributed by atoms with Crippen molar-refractivity contribution in [3.63, 3.8) is 0 Å². The van der Waals surface area contributed by atoms with Gasteiger partial charge in [-0.2, -0.15) is 0 Å². The van der Waals surface area contributed by atoms with Crippen molar-refractivity contribution in [3.8, 4) is 0 Å². The second kappa shape index (κ2) is 6.04. The van der Waals surface area contributed by atoms with Gasteiger partial charge in [0.15, 0.2) is 0 Å². The molecule has 0 saturated heterocycles. The first-order chi connectivity index (χ1) is 6.13. The van der Waals surface area contributed by atoms with Crippen molar-refractivity contribution in [2.24, 2.45) is 0 Å². The molecule has 0 nitrogen and oxygen atoms in total. The highest BCUT2D eigenvalue weighted by atomic mass is 35.5. The molecule has 0 aliphatic carbocycles. The van der Waals surface area contributed by atoms with Gasteiger partial charge in [-0.3, -0.25) is 0 Å². The van der Waals surface area contributed by atoms with E-state index in [9.17, 15) is 0 Å². The minimum atomic E-state index is 0.517. The fraction of sp³-hybridized carbons (Fsp3) is 0.500. The van der Waals surface area contributed by atoms with Gasteiger partial charge in [0.05, 0.1) is 0 Å². The summed E-state index contributed by atoms with van der Waals surface area (Å²) in [4.78, 5) is 0. The smallest absolute Gasteiger partial charge is 0.0443 e. The number of rotatable bonds is 1. The lowest BCUT2D eigenvalue weighted by Gasteiger charge is -2.10. The second-order valence-electron chi connectivity index (χ2n) is 3.13. The molecule has 0 atom stereocenters. The molecule has 0 unspecified atom stereocenters. The van der Waals surface area contributed by atoms with E-state index in [0.29, 0.717) is 5.92 Å². The Bertz CT molecular complexity index is 231. The van der Waals surface area contributed by atoms with Gasteiger partial charge in [-0.1, -0.05) is 51.4 Å². The summed E-state index contributed by atoms with van der Waals surface area (Å²) in [5.74, 6) is 0.517. The molecule has 0 radical (unpaired) electrons. The van der Waals surface area contributed by atoms with E-state index in [0.717, 1.165) is 5.02 Å². The Morgan fingerprint density at radius 3 is 2.00 bits per heavy atom. The first-order valence-electron chi connectivity index (χ1n) is 4.88. The Morgan fingerprint density at radius 2 is 1.69 bits per heavy atom. The van der Waals surface area contributed by atoms with Gasteiger partial charge in [0.1, 0.15) is 0 Å². The van der Waals surface area contributed by atoms with E-state index < -0.39 is 0 Å². The number of hydrogen-bond acceptors (Lipinski definition) is 0. The molecule has 0 aromatic heterocycles. The zero-order chi connectivity index (χ0) is 10.4. The van der Waals surface area contributed by atoms with E-state index in [2.05, 4.69) is 26.8 Å². The summed E-state index contributed by atoms with van der Waals surface area (Å²) in [5.41, 5.74) is 2.56. The maximum atomic E-state index is 6.02. The van der Waals surface area contributed by atoms with Crippen molar-refractivity contribution >= 4 is 11.6 Å². The molecule has 0 fully saturated rings. The number of halogens is 1. The topological polar surface area (TPSA) is 0 Å². The molecule has 0 amide bonds. The third-order valence-corrected chi connectivity index (χ3v) is 2.18. The van der Waals surface area contributed by atoms with Gasteiger partial charge in [0, 0.05) is 5.02 Å². The van der Waals surface area contributed by atoms with Crippen LogP contribution in [-0.4, -0.2) is 0 Å². The first-order valence-corrected chi connectivity index (χ1v) is 5.25. The molecule has 1 aromatic rings. The van der Waals surface area contributed by atoms with Gasteiger partial charge in [0.2, 0.25) is 0 Å². The normalized spacial score (nSPS) is 9.46. The largest absolute Gasteiger partial charge is 0.0840 e. The van der Waals surface area contributed by atoms with Crippen LogP contribution in [0.4, 0.5) is 0 Å². The molecule has 0 N–H and O–H groups in total. The highest BCUT2D eigenvalue weighted by Gasteiger charge is 2.06. The van der Waals surface area contributed by atoms with Crippen LogP contribution in [0.2, 0.25) is 5.02 Å². The molecule has 1 heteroatoms. The average Bonchev–Trinajstić information content (AvgIpc) is 2.07. The Morgan fingerprint density at radius 1 is 1.15 bits per heavy atom. The summed E-state index contributed by atoms with van der Waals surface area (Å²) >= 11 is 6.02. The molecule has 74 valence electrons. The van der Waals surface area contributed by atoms with Crippen LogP contribution in [0.5, 0.6) is 0 Å². The van der Waals surface area contributed by atoms with Crippen LogP contribution < -0.4 is 0 Å². The zero-order valence-electron chi connectivity index (χ0n) is 9.19. The zero-order valence-corrected chi connectivity index (χ0v) is 9.94. The lowest BCUT2D eigenvalue weighted by atomic mass is 9.98. The molecule has 1 rings (SSSR count). The van der Waals surface area contributed by atoms with Gasteiger partial charge in [-0.25, -0.2) is 0 Å². The first kappa shape index (κ1) is 12.5. The quantitative estimate of drug-likeness (QED) is 0.608. The number of benzene rings is 1. The predicted octanol–water partition coefficient (Wildman–Crippen LogP) is 4.80. The lowest BCUT2D eigenvalue weighted by molar-refractivity contribution is 0.857. The maximum absolute atomic E-state index is 6.02. The standard InChI is InChI=1S/C10H13Cl.C2H6/c1-7(2)10-8(3)5-4-6-9(10)11;1-2/h4-7H,1-3H3;1-2H3. The Balaban J connectivity index is 0.000000671. The van der Waals surface area contributed by atoms with E-state index in [1.54, 1.807) is 0 Å². The average molecular weight is 199 g/mol. The van der Waals surface area contributed by atoms with Crippen molar-refractivity contribution in [1.29, 1.82) is 0 Å². The SMILES string of the molecule is CC.Cc1cccc(Cl)c1C(C)C. The van der Waals surface area contributed by atoms with Crippen LogP contribution in [-0.2, 0) is 0 Å². The summed E-state index contributed by atoms with van der Waals surface area (Å²) in [5, 5.41) is 0.889. The molecule has 0 bridgehead atoms. The van der Waals surface area contributed by atoms with Gasteiger partial charge in [0.25, 0.3) is 0 Å². The molecule has 0 aliphatic heterocycles. The van der Waals surface area contributed by atoms with Crippen LogP contribution in [0.3, 0.4) is 0 Å². The Hall–Kier alpha value is -0.490. The number of hydrogen-bond donors (Lipinski definition) is 0. The third-order valence-electron chi connectivity index (χ3n) is 1.85. The van der Waals surface area contributed by atoms with Crippen LogP contribution in [0.1, 0.15) is 44.7 Å². The summed E-state index contributed by atoms with van der Waals surface area (Å²) in [6, 6.07) is 6.04. The number of aryl methyl sites for hydroxylation is 1. The van der Waals surface area contributed by atoms with Crippen molar-refractivity contribution < 1.29 is 0 Å². The molecule has 0 heterocycles. The van der Waals surface area contributed by atoms with E-state index in [1.807, 2.05) is 26.0 Å². The minimum Gasteiger partial charge on any atom is -0.0840 e. The summed E-state index contributed by atoms with van der Waals surface area (Å²) < 4.78 is 0. The maximum Gasteiger partial charge on any atom is 0.0443 e. The highest BCUT2D eigenvalue weighted by molar-refractivity contribution is 6.31. The van der Waals surface area contributed by atoms with Gasteiger partial charge < -0.3 is 0 Å². The Labute approximate surface area is 86.9 Å². The molecule has 0 saturated carbocycles. The second-order valence-corrected chi connectivity index (χ2v) is 3.53. The van der Waals surface area contributed by atoms with E-state index in [4.69, 9.17) is 11.6 Å². The van der Waals surface area contributed by atoms with Crippen LogP contribution in [0.15, 0.2) is 18.2 Å². The van der Waals surface area contributed by atoms with Gasteiger partial charge in [-0.05, 0) is 30.0 Å². The minimum absolute atomic E-state index is 0.517. The molecular formula is C12H19Cl. The molecular weight excluding hydrogens is 180 g/mol. The molecule has 1 aromatic carbocycles. The van der Waals surface area contributed by atoms with Crippen LogP contribution in [0, 0.1) is 6.92 Å².